The third-order valence-corrected chi connectivity index (χ3v) is 8.50. The van der Waals surface area contributed by atoms with Crippen LogP contribution in [0.3, 0.4) is 0 Å². The van der Waals surface area contributed by atoms with Crippen LogP contribution in [-0.4, -0.2) is 42.3 Å². The van der Waals surface area contributed by atoms with Crippen LogP contribution in [-0.2, 0) is 21.1 Å². The van der Waals surface area contributed by atoms with Crippen LogP contribution >= 0.6 is 23.4 Å². The second-order valence-electron chi connectivity index (χ2n) is 7.61. The molecule has 8 heteroatoms. The molecule has 5 nitrogen and oxygen atoms in total. The van der Waals surface area contributed by atoms with Crippen molar-refractivity contribution in [1.82, 2.24) is 0 Å². The highest BCUT2D eigenvalue weighted by atomic mass is 35.5. The number of hydrogen-bond donors (Lipinski definition) is 0. The Morgan fingerprint density at radius 1 is 1.14 bits per heavy atom. The number of hydrogen-bond acceptors (Lipinski definition) is 4. The standard InChI is InChI=1S/C21H21ClN2O3S2/c1-13-7-14(2)9-17(8-13)24-18-11-29(26,27)12-19(18)28-21(24)23-20(25)10-15-3-5-16(22)6-4-15/h3-9,18-19H,10-12H2,1-2H3/t18-,19+/m0/s1. The molecule has 152 valence electrons. The Bertz CT molecular complexity index is 1080. The number of aliphatic imine (C=N–C) groups is 1. The zero-order valence-corrected chi connectivity index (χ0v) is 18.5. The second kappa shape index (κ2) is 7.78. The lowest BCUT2D eigenvalue weighted by Gasteiger charge is -2.25. The highest BCUT2D eigenvalue weighted by Crippen LogP contribution is 2.41. The molecule has 0 radical (unpaired) electrons. The van der Waals surface area contributed by atoms with Gasteiger partial charge in [0.15, 0.2) is 15.0 Å². The number of rotatable bonds is 3. The third kappa shape index (κ3) is 4.52. The number of anilines is 1. The van der Waals surface area contributed by atoms with Crippen LogP contribution in [0.1, 0.15) is 16.7 Å². The lowest BCUT2D eigenvalue weighted by Crippen LogP contribution is -2.37. The van der Waals surface area contributed by atoms with Gasteiger partial charge in [0.25, 0.3) is 5.91 Å². The van der Waals surface area contributed by atoms with Crippen molar-refractivity contribution >= 4 is 50.0 Å². The summed E-state index contributed by atoms with van der Waals surface area (Å²) in [4.78, 5) is 19.0. The molecule has 2 aromatic rings. The Labute approximate surface area is 180 Å². The van der Waals surface area contributed by atoms with E-state index in [-0.39, 0.29) is 35.1 Å². The van der Waals surface area contributed by atoms with Crippen molar-refractivity contribution in [3.05, 3.63) is 64.2 Å². The minimum atomic E-state index is -3.09. The summed E-state index contributed by atoms with van der Waals surface area (Å²) in [6.07, 6.45) is 0.176. The molecule has 2 aromatic carbocycles. The zero-order chi connectivity index (χ0) is 20.8. The van der Waals surface area contributed by atoms with Crippen LogP contribution in [0.5, 0.6) is 0 Å². The molecule has 2 atom stereocenters. The number of carbonyl (C=O) groups is 1. The summed E-state index contributed by atoms with van der Waals surface area (Å²) in [7, 11) is -3.09. The van der Waals surface area contributed by atoms with Gasteiger partial charge in [0.2, 0.25) is 0 Å². The number of aryl methyl sites for hydroxylation is 2. The monoisotopic (exact) mass is 448 g/mol. The van der Waals surface area contributed by atoms with Gasteiger partial charge >= 0.3 is 0 Å². The molecule has 2 heterocycles. The molecule has 2 aliphatic rings. The first-order valence-electron chi connectivity index (χ1n) is 9.31. The highest BCUT2D eigenvalue weighted by molar-refractivity contribution is 8.16. The first-order valence-corrected chi connectivity index (χ1v) is 12.4. The zero-order valence-electron chi connectivity index (χ0n) is 16.1. The summed E-state index contributed by atoms with van der Waals surface area (Å²) >= 11 is 7.30. The van der Waals surface area contributed by atoms with Crippen LogP contribution in [0, 0.1) is 13.8 Å². The van der Waals surface area contributed by atoms with Gasteiger partial charge in [-0.15, -0.1) is 0 Å². The number of amides is 1. The number of benzene rings is 2. The van der Waals surface area contributed by atoms with Crippen molar-refractivity contribution in [3.8, 4) is 0 Å². The van der Waals surface area contributed by atoms with E-state index in [1.807, 2.05) is 43.0 Å². The van der Waals surface area contributed by atoms with E-state index in [1.165, 1.54) is 11.8 Å². The third-order valence-electron chi connectivity index (χ3n) is 5.04. The van der Waals surface area contributed by atoms with Gasteiger partial charge in [-0.3, -0.25) is 4.79 Å². The molecule has 0 spiro atoms. The summed E-state index contributed by atoms with van der Waals surface area (Å²) < 4.78 is 24.4. The van der Waals surface area contributed by atoms with E-state index in [1.54, 1.807) is 12.1 Å². The van der Waals surface area contributed by atoms with E-state index in [0.29, 0.717) is 10.2 Å². The van der Waals surface area contributed by atoms with Crippen molar-refractivity contribution in [2.45, 2.75) is 31.6 Å². The van der Waals surface area contributed by atoms with Crippen molar-refractivity contribution in [2.75, 3.05) is 16.4 Å². The molecule has 2 aliphatic heterocycles. The summed E-state index contributed by atoms with van der Waals surface area (Å²) in [6.45, 7) is 4.01. The molecular formula is C21H21ClN2O3S2. The Balaban J connectivity index is 1.66. The van der Waals surface area contributed by atoms with Crippen LogP contribution in [0.2, 0.25) is 5.02 Å². The summed E-state index contributed by atoms with van der Waals surface area (Å²) in [5.74, 6) is -0.0529. The minimum absolute atomic E-state index is 0.0854. The predicted molar refractivity (Wildman–Crippen MR) is 120 cm³/mol. The van der Waals surface area contributed by atoms with Crippen molar-refractivity contribution in [3.63, 3.8) is 0 Å². The van der Waals surface area contributed by atoms with E-state index in [0.717, 1.165) is 22.4 Å². The normalized spacial score (nSPS) is 24.1. The van der Waals surface area contributed by atoms with E-state index < -0.39 is 9.84 Å². The molecule has 0 aliphatic carbocycles. The lowest BCUT2D eigenvalue weighted by atomic mass is 10.1. The Hall–Kier alpha value is -1.83. The molecule has 0 saturated carbocycles. The first kappa shape index (κ1) is 20.4. The average Bonchev–Trinajstić information content (AvgIpc) is 3.06. The number of halogens is 1. The molecule has 0 aromatic heterocycles. The van der Waals surface area contributed by atoms with Gasteiger partial charge in [-0.25, -0.2) is 8.42 Å². The molecule has 1 amide bonds. The first-order chi connectivity index (χ1) is 13.7. The number of fused-ring (bicyclic) bond motifs is 1. The topological polar surface area (TPSA) is 66.8 Å². The molecule has 4 rings (SSSR count). The largest absolute Gasteiger partial charge is 0.316 e. The maximum Gasteiger partial charge on any atom is 0.252 e. The highest BCUT2D eigenvalue weighted by Gasteiger charge is 2.49. The van der Waals surface area contributed by atoms with Gasteiger partial charge in [-0.05, 0) is 54.8 Å². The number of thioether (sulfide) groups is 1. The maximum absolute atomic E-state index is 12.6. The fourth-order valence-corrected chi connectivity index (χ4v) is 7.94. The van der Waals surface area contributed by atoms with Gasteiger partial charge in [0.1, 0.15) is 0 Å². The van der Waals surface area contributed by atoms with Crippen LogP contribution in [0.25, 0.3) is 0 Å². The van der Waals surface area contributed by atoms with E-state index in [9.17, 15) is 13.2 Å². The van der Waals surface area contributed by atoms with Gasteiger partial charge in [0, 0.05) is 16.0 Å². The predicted octanol–water partition coefficient (Wildman–Crippen LogP) is 3.80. The Morgan fingerprint density at radius 3 is 2.45 bits per heavy atom. The number of nitrogens with zero attached hydrogens (tertiary/aromatic N) is 2. The van der Waals surface area contributed by atoms with Gasteiger partial charge < -0.3 is 4.90 Å². The molecular weight excluding hydrogens is 428 g/mol. The number of carbonyl (C=O) groups excluding carboxylic acids is 1. The van der Waals surface area contributed by atoms with E-state index in [2.05, 4.69) is 11.1 Å². The van der Waals surface area contributed by atoms with Gasteiger partial charge in [-0.1, -0.05) is 41.6 Å². The Kier molecular flexibility index (Phi) is 5.48. The summed E-state index contributed by atoms with van der Waals surface area (Å²) in [5.41, 5.74) is 3.90. The molecule has 2 fully saturated rings. The van der Waals surface area contributed by atoms with Crippen molar-refractivity contribution in [1.29, 1.82) is 0 Å². The molecule has 2 saturated heterocycles. The Morgan fingerprint density at radius 2 is 1.79 bits per heavy atom. The fraction of sp³-hybridized carbons (Fsp3) is 0.333. The summed E-state index contributed by atoms with van der Waals surface area (Å²) in [6, 6.07) is 13.0. The van der Waals surface area contributed by atoms with E-state index >= 15 is 0 Å². The quantitative estimate of drug-likeness (QED) is 0.714. The lowest BCUT2D eigenvalue weighted by molar-refractivity contribution is -0.117. The SMILES string of the molecule is Cc1cc(C)cc(N2C(=NC(=O)Cc3ccc(Cl)cc3)S[C@@H]3CS(=O)(=O)C[C@@H]32)c1. The van der Waals surface area contributed by atoms with Gasteiger partial charge in [0.05, 0.1) is 24.0 Å². The van der Waals surface area contributed by atoms with E-state index in [4.69, 9.17) is 11.6 Å². The minimum Gasteiger partial charge on any atom is -0.316 e. The van der Waals surface area contributed by atoms with Gasteiger partial charge in [-0.2, -0.15) is 4.99 Å². The van der Waals surface area contributed by atoms with Crippen LogP contribution in [0.15, 0.2) is 47.5 Å². The van der Waals surface area contributed by atoms with Crippen LogP contribution < -0.4 is 4.90 Å². The molecule has 0 bridgehead atoms. The molecule has 0 N–H and O–H groups in total. The molecule has 0 unspecified atom stereocenters. The second-order valence-corrected chi connectivity index (χ2v) is 11.4. The fourth-order valence-electron chi connectivity index (χ4n) is 3.88. The number of amidine groups is 1. The maximum atomic E-state index is 12.6. The number of sulfone groups is 1. The van der Waals surface area contributed by atoms with Crippen molar-refractivity contribution < 1.29 is 13.2 Å². The summed E-state index contributed by atoms with van der Waals surface area (Å²) in [5, 5.41) is 1.09. The molecule has 29 heavy (non-hydrogen) atoms. The van der Waals surface area contributed by atoms with Crippen LogP contribution in [0.4, 0.5) is 5.69 Å². The average molecular weight is 449 g/mol. The smallest absolute Gasteiger partial charge is 0.252 e. The van der Waals surface area contributed by atoms with Crippen molar-refractivity contribution in [2.24, 2.45) is 4.99 Å².